The Bertz CT molecular complexity index is 1410. The minimum absolute atomic E-state index is 0.0473. The predicted molar refractivity (Wildman–Crippen MR) is 288 cm³/mol. The number of carbonyl (C=O) groups excluding carboxylic acids is 3. The molecule has 3 atom stereocenters. The van der Waals surface area contributed by atoms with Crippen molar-refractivity contribution in [1.29, 1.82) is 0 Å². The molecule has 0 bridgehead atoms. The highest BCUT2D eigenvalue weighted by atomic mass is 31.2. The minimum atomic E-state index is -4.76. The van der Waals surface area contributed by atoms with Gasteiger partial charge in [0.05, 0.1) is 19.8 Å². The van der Waals surface area contributed by atoms with E-state index in [2.05, 4.69) is 69.4 Å². The molecule has 0 rings (SSSR count). The summed E-state index contributed by atoms with van der Waals surface area (Å²) in [5.74, 6) is -1.56. The van der Waals surface area contributed by atoms with Gasteiger partial charge in [0, 0.05) is 19.3 Å². The minimum Gasteiger partial charge on any atom is -0.462 e. The first-order valence-electron chi connectivity index (χ1n) is 28.2. The molecule has 0 aromatic carbocycles. The second kappa shape index (κ2) is 52.5. The molecule has 3 unspecified atom stereocenters. The maximum Gasteiger partial charge on any atom is 0.472 e. The number of ether oxygens (including phenoxy) is 3. The summed E-state index contributed by atoms with van der Waals surface area (Å²) in [7, 11) is -4.76. The van der Waals surface area contributed by atoms with Crippen LogP contribution in [0.25, 0.3) is 0 Å². The number of allylic oxidation sites excluding steroid dienone is 10. The Kier molecular flexibility index (Phi) is 50.4. The third-order valence-corrected chi connectivity index (χ3v) is 12.9. The number of phosphoric ester groups is 1. The van der Waals surface area contributed by atoms with E-state index in [0.29, 0.717) is 19.3 Å². The molecule has 70 heavy (non-hydrogen) atoms. The smallest absolute Gasteiger partial charge is 0.462 e. The number of phosphoric acid groups is 1. The van der Waals surface area contributed by atoms with Gasteiger partial charge in [0.15, 0.2) is 6.10 Å². The number of unbranched alkanes of at least 4 members (excludes halogenated alkanes) is 25. The van der Waals surface area contributed by atoms with E-state index in [4.69, 9.17) is 23.3 Å². The molecule has 0 saturated heterocycles. The lowest BCUT2D eigenvalue weighted by Gasteiger charge is -2.21. The van der Waals surface area contributed by atoms with Gasteiger partial charge in [-0.1, -0.05) is 229 Å². The highest BCUT2D eigenvalue weighted by Gasteiger charge is 2.28. The average Bonchev–Trinajstić information content (AvgIpc) is 3.35. The second-order valence-corrected chi connectivity index (χ2v) is 20.2. The Labute approximate surface area is 427 Å². The molecule has 0 aliphatic heterocycles. The lowest BCUT2D eigenvalue weighted by molar-refractivity contribution is -0.161. The van der Waals surface area contributed by atoms with Crippen LogP contribution in [-0.4, -0.2) is 66.5 Å². The van der Waals surface area contributed by atoms with Gasteiger partial charge in [0.1, 0.15) is 12.7 Å². The van der Waals surface area contributed by atoms with Crippen molar-refractivity contribution < 1.29 is 52.2 Å². The summed E-state index contributed by atoms with van der Waals surface area (Å²) in [6.07, 6.45) is 56.4. The zero-order valence-corrected chi connectivity index (χ0v) is 45.6. The summed E-state index contributed by atoms with van der Waals surface area (Å²) in [6.45, 7) is 4.41. The molecule has 0 aromatic rings. The zero-order valence-electron chi connectivity index (χ0n) is 44.7. The van der Waals surface area contributed by atoms with Crippen molar-refractivity contribution in [1.82, 2.24) is 0 Å². The molecule has 0 aromatic heterocycles. The van der Waals surface area contributed by atoms with Crippen LogP contribution in [0.2, 0.25) is 0 Å². The molecule has 2 N–H and O–H groups in total. The van der Waals surface area contributed by atoms with Crippen molar-refractivity contribution in [2.75, 3.05) is 26.4 Å². The quantitative estimate of drug-likeness (QED) is 0.0197. The molecular weight excluding hydrogens is 904 g/mol. The summed E-state index contributed by atoms with van der Waals surface area (Å²) in [5.41, 5.74) is 0. The first-order chi connectivity index (χ1) is 34.2. The van der Waals surface area contributed by atoms with Crippen LogP contribution in [0.4, 0.5) is 0 Å². The van der Waals surface area contributed by atoms with Crippen LogP contribution in [0.5, 0.6) is 0 Å². The third-order valence-electron chi connectivity index (χ3n) is 11.9. The van der Waals surface area contributed by atoms with Crippen molar-refractivity contribution >= 4 is 25.7 Å². The third kappa shape index (κ3) is 50.1. The van der Waals surface area contributed by atoms with E-state index in [1.807, 2.05) is 12.2 Å². The van der Waals surface area contributed by atoms with Crippen LogP contribution in [0.3, 0.4) is 0 Å². The van der Waals surface area contributed by atoms with Gasteiger partial charge in [-0.2, -0.15) is 0 Å². The van der Waals surface area contributed by atoms with Gasteiger partial charge < -0.3 is 24.2 Å². The Morgan fingerprint density at radius 2 is 0.786 bits per heavy atom. The van der Waals surface area contributed by atoms with E-state index in [1.54, 1.807) is 0 Å². The number of aliphatic hydroxyl groups excluding tert-OH is 1. The largest absolute Gasteiger partial charge is 0.472 e. The molecule has 0 saturated carbocycles. The van der Waals surface area contributed by atoms with Crippen LogP contribution >= 0.6 is 7.82 Å². The van der Waals surface area contributed by atoms with Crippen LogP contribution in [0.1, 0.15) is 252 Å². The molecule has 0 aliphatic carbocycles. The lowest BCUT2D eigenvalue weighted by Crippen LogP contribution is -2.30. The van der Waals surface area contributed by atoms with Crippen molar-refractivity contribution in [3.05, 3.63) is 60.8 Å². The highest BCUT2D eigenvalue weighted by molar-refractivity contribution is 7.47. The van der Waals surface area contributed by atoms with Gasteiger partial charge in [-0.3, -0.25) is 23.4 Å². The Morgan fingerprint density at radius 1 is 0.414 bits per heavy atom. The van der Waals surface area contributed by atoms with Gasteiger partial charge >= 0.3 is 25.7 Å². The molecule has 12 heteroatoms. The summed E-state index contributed by atoms with van der Waals surface area (Å²) in [4.78, 5) is 48.4. The Balaban J connectivity index is 4.73. The zero-order chi connectivity index (χ0) is 51.3. The van der Waals surface area contributed by atoms with Crippen molar-refractivity contribution in [3.8, 4) is 0 Å². The molecule has 0 fully saturated rings. The van der Waals surface area contributed by atoms with Gasteiger partial charge in [-0.05, 0) is 64.2 Å². The number of hydrogen-bond acceptors (Lipinski definition) is 10. The molecule has 0 aliphatic rings. The number of esters is 3. The van der Waals surface area contributed by atoms with E-state index >= 15 is 0 Å². The highest BCUT2D eigenvalue weighted by Crippen LogP contribution is 2.43. The van der Waals surface area contributed by atoms with E-state index in [1.165, 1.54) is 109 Å². The van der Waals surface area contributed by atoms with Crippen LogP contribution in [-0.2, 0) is 42.2 Å². The van der Waals surface area contributed by atoms with E-state index < -0.39 is 57.8 Å². The van der Waals surface area contributed by atoms with Crippen LogP contribution in [0.15, 0.2) is 60.8 Å². The van der Waals surface area contributed by atoms with Crippen molar-refractivity contribution in [2.24, 2.45) is 0 Å². The Morgan fingerprint density at radius 3 is 1.27 bits per heavy atom. The van der Waals surface area contributed by atoms with Gasteiger partial charge in [0.2, 0.25) is 0 Å². The van der Waals surface area contributed by atoms with Crippen LogP contribution in [0, 0.1) is 0 Å². The Hall–Kier alpha value is -2.82. The molecule has 0 heterocycles. The number of aliphatic hydroxyl groups is 1. The molecule has 11 nitrogen and oxygen atoms in total. The number of carbonyl (C=O) groups is 3. The average molecular weight is 1010 g/mol. The van der Waals surface area contributed by atoms with Gasteiger partial charge in [0.25, 0.3) is 0 Å². The predicted octanol–water partition coefficient (Wildman–Crippen LogP) is 16.4. The normalized spacial score (nSPS) is 13.8. The molecule has 406 valence electrons. The summed E-state index contributed by atoms with van der Waals surface area (Å²) in [5, 5.41) is 9.77. The van der Waals surface area contributed by atoms with Crippen LogP contribution < -0.4 is 0 Å². The molecule has 0 spiro atoms. The van der Waals surface area contributed by atoms with E-state index in [0.717, 1.165) is 83.5 Å². The van der Waals surface area contributed by atoms with Gasteiger partial charge in [-0.25, -0.2) is 4.57 Å². The summed E-state index contributed by atoms with van der Waals surface area (Å²) >= 11 is 0. The fraction of sp³-hybridized carbons (Fsp3) is 0.776. The van der Waals surface area contributed by atoms with Crippen molar-refractivity contribution in [2.45, 2.75) is 264 Å². The lowest BCUT2D eigenvalue weighted by atomic mass is 10.0. The maximum atomic E-state index is 12.9. The van der Waals surface area contributed by atoms with Crippen molar-refractivity contribution in [3.63, 3.8) is 0 Å². The topological polar surface area (TPSA) is 155 Å². The standard InChI is InChI=1S/C58H103O11P/c1-4-7-10-13-16-19-22-24-25-26-27-28-29-31-33-35-38-41-44-47-56(60)65-51-55(69-58(62)49-46-43-40-37-34-30-23-20-17-14-11-8-5-2)53-67-70(63,64)66-52-54(50-59)68-57(61)48-45-42-39-36-32-21-18-15-12-9-6-3/h8,11,15,17-18,20,30,34,40,43,54-55,59H,4-7,9-10,12-14,16,19,21-29,31-33,35-39,41-42,44-53H2,1-3H3,(H,63,64)/b11-8-,18-15-,20-17-,34-30-,43-40-. The van der Waals surface area contributed by atoms with E-state index in [9.17, 15) is 28.9 Å². The van der Waals surface area contributed by atoms with Gasteiger partial charge in [-0.15, -0.1) is 0 Å². The molecular formula is C58H103O11P. The maximum absolute atomic E-state index is 12.9. The fourth-order valence-corrected chi connectivity index (χ4v) is 8.43. The first-order valence-corrected chi connectivity index (χ1v) is 29.7. The first kappa shape index (κ1) is 67.2. The number of rotatable bonds is 52. The summed E-state index contributed by atoms with van der Waals surface area (Å²) in [6, 6.07) is 0. The SMILES string of the molecule is CC/C=C\C/C=C\C/C=C\C/C=C\CCC(=O)OC(COC(=O)CCCCCCCCCCCCCCCCCCCCC)COP(=O)(O)OCC(CO)OC(=O)CCCCCCC/C=C\CCCC. The van der Waals surface area contributed by atoms with E-state index in [-0.39, 0.29) is 25.9 Å². The fourth-order valence-electron chi connectivity index (χ4n) is 7.65. The second-order valence-electron chi connectivity index (χ2n) is 18.7. The number of hydrogen-bond donors (Lipinski definition) is 2. The monoisotopic (exact) mass is 1010 g/mol. The molecule has 0 radical (unpaired) electrons. The summed E-state index contributed by atoms with van der Waals surface area (Å²) < 4.78 is 39.3. The molecule has 0 amide bonds.